The monoisotopic (exact) mass is 337 g/mol. The highest BCUT2D eigenvalue weighted by Gasteiger charge is 2.17. The van der Waals surface area contributed by atoms with Gasteiger partial charge in [0.15, 0.2) is 0 Å². The lowest BCUT2D eigenvalue weighted by molar-refractivity contribution is 0.443. The van der Waals surface area contributed by atoms with Crippen molar-refractivity contribution < 1.29 is 4.52 Å². The van der Waals surface area contributed by atoms with Gasteiger partial charge in [0, 0.05) is 28.8 Å². The Bertz CT molecular complexity index is 1140. The third-order valence-electron chi connectivity index (χ3n) is 4.33. The van der Waals surface area contributed by atoms with Crippen molar-refractivity contribution in [3.05, 3.63) is 39.7 Å². The summed E-state index contributed by atoms with van der Waals surface area (Å²) in [6, 6.07) is 3.87. The van der Waals surface area contributed by atoms with E-state index < -0.39 is 0 Å². The SMILES string of the molecule is Cc1nc(N=O)c(N)c(N)c1Cc1ccc2c(n1)[nH]c1onc(C)c12. The third kappa shape index (κ3) is 2.20. The van der Waals surface area contributed by atoms with Crippen molar-refractivity contribution in [3.63, 3.8) is 0 Å². The van der Waals surface area contributed by atoms with Gasteiger partial charge in [0.1, 0.15) is 11.3 Å². The van der Waals surface area contributed by atoms with Crippen LogP contribution < -0.4 is 11.5 Å². The van der Waals surface area contributed by atoms with Gasteiger partial charge in [0.25, 0.3) is 0 Å². The number of anilines is 2. The Morgan fingerprint density at radius 3 is 2.72 bits per heavy atom. The molecule has 4 rings (SSSR count). The lowest BCUT2D eigenvalue weighted by Gasteiger charge is -2.12. The second kappa shape index (κ2) is 5.26. The van der Waals surface area contributed by atoms with Crippen LogP contribution >= 0.6 is 0 Å². The quantitative estimate of drug-likeness (QED) is 0.486. The molecular weight excluding hydrogens is 322 g/mol. The zero-order valence-electron chi connectivity index (χ0n) is 13.6. The summed E-state index contributed by atoms with van der Waals surface area (Å²) in [6.45, 7) is 3.64. The van der Waals surface area contributed by atoms with E-state index in [1.54, 1.807) is 6.92 Å². The molecule has 0 atom stereocenters. The highest BCUT2D eigenvalue weighted by atomic mass is 16.5. The van der Waals surface area contributed by atoms with Crippen molar-refractivity contribution in [2.45, 2.75) is 20.3 Å². The molecule has 0 amide bonds. The molecule has 0 radical (unpaired) electrons. The van der Waals surface area contributed by atoms with Crippen LogP contribution in [-0.2, 0) is 6.42 Å². The first-order valence-corrected chi connectivity index (χ1v) is 7.61. The van der Waals surface area contributed by atoms with Crippen molar-refractivity contribution in [2.75, 3.05) is 11.5 Å². The molecule has 9 heteroatoms. The van der Waals surface area contributed by atoms with Crippen molar-refractivity contribution in [1.82, 2.24) is 20.1 Å². The second-order valence-electron chi connectivity index (χ2n) is 5.89. The molecule has 0 fully saturated rings. The van der Waals surface area contributed by atoms with Gasteiger partial charge in [-0.3, -0.25) is 0 Å². The molecule has 0 aliphatic rings. The summed E-state index contributed by atoms with van der Waals surface area (Å²) < 4.78 is 5.24. The topological polar surface area (TPSA) is 149 Å². The number of aromatic amines is 1. The molecule has 0 saturated carbocycles. The zero-order chi connectivity index (χ0) is 17.7. The van der Waals surface area contributed by atoms with Gasteiger partial charge in [-0.2, -0.15) is 0 Å². The lowest BCUT2D eigenvalue weighted by Crippen LogP contribution is -2.06. The first-order valence-electron chi connectivity index (χ1n) is 7.61. The molecule has 0 spiro atoms. The Labute approximate surface area is 141 Å². The third-order valence-corrected chi connectivity index (χ3v) is 4.33. The van der Waals surface area contributed by atoms with Crippen LogP contribution in [0.15, 0.2) is 21.8 Å². The summed E-state index contributed by atoms with van der Waals surface area (Å²) in [7, 11) is 0. The molecule has 25 heavy (non-hydrogen) atoms. The molecule has 9 nitrogen and oxygen atoms in total. The van der Waals surface area contributed by atoms with E-state index in [1.165, 1.54) is 0 Å². The summed E-state index contributed by atoms with van der Waals surface area (Å²) in [4.78, 5) is 22.6. The van der Waals surface area contributed by atoms with Gasteiger partial charge < -0.3 is 21.0 Å². The number of hydrogen-bond acceptors (Lipinski definition) is 8. The molecule has 126 valence electrons. The molecular formula is C16H15N7O2. The van der Waals surface area contributed by atoms with Gasteiger partial charge in [0.2, 0.25) is 11.5 Å². The first kappa shape index (κ1) is 15.1. The summed E-state index contributed by atoms with van der Waals surface area (Å²) in [5, 5.41) is 8.62. The number of nitrogens with one attached hydrogen (secondary N) is 1. The zero-order valence-corrected chi connectivity index (χ0v) is 13.6. The molecule has 4 heterocycles. The van der Waals surface area contributed by atoms with E-state index >= 15 is 0 Å². The number of nitroso groups, excluding NO2 is 1. The fraction of sp³-hybridized carbons (Fsp3) is 0.188. The molecule has 0 aromatic carbocycles. The van der Waals surface area contributed by atoms with Crippen molar-refractivity contribution in [1.29, 1.82) is 0 Å². The fourth-order valence-electron chi connectivity index (χ4n) is 3.01. The molecule has 0 aliphatic carbocycles. The summed E-state index contributed by atoms with van der Waals surface area (Å²) in [5.74, 6) is -0.0881. The largest absolute Gasteiger partial charge is 0.397 e. The van der Waals surface area contributed by atoms with Crippen LogP contribution in [0.5, 0.6) is 0 Å². The Morgan fingerprint density at radius 1 is 1.16 bits per heavy atom. The molecule has 5 N–H and O–H groups in total. The Hall–Kier alpha value is -3.49. The molecule has 0 saturated heterocycles. The van der Waals surface area contributed by atoms with Crippen molar-refractivity contribution in [2.24, 2.45) is 5.18 Å². The van der Waals surface area contributed by atoms with Gasteiger partial charge in [-0.05, 0) is 31.2 Å². The van der Waals surface area contributed by atoms with E-state index in [4.69, 9.17) is 16.0 Å². The van der Waals surface area contributed by atoms with E-state index in [1.807, 2.05) is 19.1 Å². The van der Waals surface area contributed by atoms with Gasteiger partial charge in [0.05, 0.1) is 16.8 Å². The molecule has 0 bridgehead atoms. The van der Waals surface area contributed by atoms with Gasteiger partial charge in [-0.1, -0.05) is 5.16 Å². The Morgan fingerprint density at radius 2 is 1.96 bits per heavy atom. The first-order chi connectivity index (χ1) is 12.0. The minimum atomic E-state index is -0.0881. The van der Waals surface area contributed by atoms with E-state index in [0.29, 0.717) is 29.2 Å². The van der Waals surface area contributed by atoms with Crippen molar-refractivity contribution in [3.8, 4) is 0 Å². The highest BCUT2D eigenvalue weighted by Crippen LogP contribution is 2.32. The normalized spacial score (nSPS) is 11.4. The number of nitrogens with zero attached hydrogens (tertiary/aromatic N) is 4. The molecule has 0 aliphatic heterocycles. The average Bonchev–Trinajstić information content (AvgIpc) is 3.14. The van der Waals surface area contributed by atoms with Gasteiger partial charge in [-0.25, -0.2) is 9.97 Å². The van der Waals surface area contributed by atoms with Crippen LogP contribution in [0, 0.1) is 18.8 Å². The second-order valence-corrected chi connectivity index (χ2v) is 5.89. The van der Waals surface area contributed by atoms with Crippen LogP contribution in [0.25, 0.3) is 22.1 Å². The summed E-state index contributed by atoms with van der Waals surface area (Å²) in [6.07, 6.45) is 0.432. The predicted molar refractivity (Wildman–Crippen MR) is 94.5 cm³/mol. The minimum Gasteiger partial charge on any atom is -0.397 e. The average molecular weight is 337 g/mol. The van der Waals surface area contributed by atoms with Crippen LogP contribution in [0.4, 0.5) is 17.2 Å². The number of rotatable bonds is 3. The lowest BCUT2D eigenvalue weighted by atomic mass is 10.0. The Balaban J connectivity index is 1.80. The standard InChI is InChI=1S/C16H15N7O2/c1-6-10(12(17)13(18)15(19-6)22-24)5-8-3-4-9-11-7(2)23-25-16(11)21-14(9)20-8/h3-4H,5,18H2,1-2H3,(H2,17,19)(H,20,21). The smallest absolute Gasteiger partial charge is 0.238 e. The fourth-order valence-corrected chi connectivity index (χ4v) is 3.01. The minimum absolute atomic E-state index is 0.0881. The molecule has 0 unspecified atom stereocenters. The molecule has 4 aromatic heterocycles. The number of nitrogen functional groups attached to an aromatic ring is 2. The number of hydrogen-bond donors (Lipinski definition) is 3. The number of H-pyrrole nitrogens is 1. The van der Waals surface area contributed by atoms with Crippen LogP contribution in [0.2, 0.25) is 0 Å². The maximum Gasteiger partial charge on any atom is 0.238 e. The van der Waals surface area contributed by atoms with Crippen LogP contribution in [-0.4, -0.2) is 20.1 Å². The van der Waals surface area contributed by atoms with Crippen LogP contribution in [0.3, 0.4) is 0 Å². The highest BCUT2D eigenvalue weighted by molar-refractivity contribution is 6.05. The van der Waals surface area contributed by atoms with Crippen LogP contribution in [0.1, 0.15) is 22.6 Å². The van der Waals surface area contributed by atoms with E-state index in [0.717, 1.165) is 27.7 Å². The Kier molecular flexibility index (Phi) is 3.17. The number of pyridine rings is 2. The van der Waals surface area contributed by atoms with Gasteiger partial charge >= 0.3 is 0 Å². The van der Waals surface area contributed by atoms with Gasteiger partial charge in [-0.15, -0.1) is 4.91 Å². The van der Waals surface area contributed by atoms with E-state index in [9.17, 15) is 4.91 Å². The molecule has 4 aromatic rings. The number of fused-ring (bicyclic) bond motifs is 3. The maximum atomic E-state index is 10.8. The van der Waals surface area contributed by atoms with E-state index in [-0.39, 0.29) is 11.5 Å². The number of aromatic nitrogens is 4. The van der Waals surface area contributed by atoms with E-state index in [2.05, 4.69) is 25.3 Å². The number of aryl methyl sites for hydroxylation is 2. The maximum absolute atomic E-state index is 10.8. The van der Waals surface area contributed by atoms with Crippen molar-refractivity contribution >= 4 is 39.3 Å². The summed E-state index contributed by atoms with van der Waals surface area (Å²) in [5.41, 5.74) is 16.5. The predicted octanol–water partition coefficient (Wildman–Crippen LogP) is 2.87. The summed E-state index contributed by atoms with van der Waals surface area (Å²) >= 11 is 0. The number of nitrogens with two attached hydrogens (primary N) is 2.